The highest BCUT2D eigenvalue weighted by molar-refractivity contribution is 7.71. The van der Waals surface area contributed by atoms with Crippen LogP contribution in [0.2, 0.25) is 0 Å². The van der Waals surface area contributed by atoms with Crippen LogP contribution in [-0.2, 0) is 0 Å². The van der Waals surface area contributed by atoms with E-state index < -0.39 is 0 Å². The fraction of sp³-hybridized carbons (Fsp3) is 0.0500. The van der Waals surface area contributed by atoms with Gasteiger partial charge in [0.05, 0.1) is 22.9 Å². The van der Waals surface area contributed by atoms with Crippen molar-refractivity contribution in [3.8, 4) is 33.5 Å². The van der Waals surface area contributed by atoms with Crippen molar-refractivity contribution >= 4 is 39.6 Å². The zero-order chi connectivity index (χ0) is 19.0. The number of pyridine rings is 1. The van der Waals surface area contributed by atoms with Gasteiger partial charge in [0.1, 0.15) is 32.8 Å². The lowest BCUT2D eigenvalue weighted by Crippen LogP contribution is -2.01. The Morgan fingerprint density at radius 2 is 1.89 bits per heavy atom. The van der Waals surface area contributed by atoms with Crippen LogP contribution in [0.4, 0.5) is 5.82 Å². The molecule has 2 heterocycles. The second kappa shape index (κ2) is 6.83. The molecule has 2 aromatic carbocycles. The van der Waals surface area contributed by atoms with Crippen LogP contribution in [0.25, 0.3) is 31.9 Å². The van der Waals surface area contributed by atoms with Gasteiger partial charge in [-0.05, 0) is 29.8 Å². The van der Waals surface area contributed by atoms with E-state index >= 15 is 0 Å². The lowest BCUT2D eigenvalue weighted by Gasteiger charge is -2.13. The van der Waals surface area contributed by atoms with E-state index in [9.17, 15) is 5.26 Å². The lowest BCUT2D eigenvalue weighted by molar-refractivity contribution is 0.415. The molecule has 0 atom stereocenters. The summed E-state index contributed by atoms with van der Waals surface area (Å²) in [7, 11) is 1.61. The Kier molecular flexibility index (Phi) is 4.36. The molecule has 4 rings (SSSR count). The standard InChI is InChI=1S/C20H14N4OS2/c1-25-12-8-6-11(7-9-12)16-13(10-21)18(22)24-19(26)17(16)20-23-14-4-2-3-5-15(14)27-20/h2-9H,1H3,(H3,22,24,26). The van der Waals surface area contributed by atoms with E-state index in [1.807, 2.05) is 48.5 Å². The Morgan fingerprint density at radius 3 is 2.56 bits per heavy atom. The number of H-pyrrole nitrogens is 1. The minimum Gasteiger partial charge on any atom is -0.497 e. The number of para-hydroxylation sites is 1. The number of fused-ring (bicyclic) bond motifs is 1. The zero-order valence-electron chi connectivity index (χ0n) is 14.3. The van der Waals surface area contributed by atoms with E-state index in [0.29, 0.717) is 21.3 Å². The van der Waals surface area contributed by atoms with Crippen LogP contribution in [0.15, 0.2) is 48.5 Å². The number of nitrogen functional groups attached to an aromatic ring is 1. The molecule has 0 unspecified atom stereocenters. The molecule has 0 saturated carbocycles. The predicted octanol–water partition coefficient (Wildman–Crippen LogP) is 5.15. The van der Waals surface area contributed by atoms with Crippen molar-refractivity contribution in [3.05, 3.63) is 58.7 Å². The minimum atomic E-state index is 0.248. The van der Waals surface area contributed by atoms with E-state index in [4.69, 9.17) is 27.7 Å². The van der Waals surface area contributed by atoms with Gasteiger partial charge in [0.25, 0.3) is 0 Å². The topological polar surface area (TPSA) is 87.7 Å². The SMILES string of the molecule is COc1ccc(-c2c(C#N)c(N)[nH]c(=S)c2-c2nc3ccccc3s2)cc1. The number of methoxy groups -OCH3 is 1. The summed E-state index contributed by atoms with van der Waals surface area (Å²) in [5.41, 5.74) is 9.52. The van der Waals surface area contributed by atoms with Gasteiger partial charge in [-0.15, -0.1) is 11.3 Å². The molecule has 0 amide bonds. The first-order chi connectivity index (χ1) is 13.1. The van der Waals surface area contributed by atoms with E-state index in [1.54, 1.807) is 7.11 Å². The molecule has 7 heteroatoms. The van der Waals surface area contributed by atoms with Crippen LogP contribution in [0.1, 0.15) is 5.56 Å². The highest BCUT2D eigenvalue weighted by atomic mass is 32.1. The number of anilines is 1. The molecule has 0 aliphatic rings. The van der Waals surface area contributed by atoms with Crippen LogP contribution in [-0.4, -0.2) is 17.1 Å². The van der Waals surface area contributed by atoms with Crippen molar-refractivity contribution in [1.82, 2.24) is 9.97 Å². The summed E-state index contributed by atoms with van der Waals surface area (Å²) in [4.78, 5) is 7.67. The summed E-state index contributed by atoms with van der Waals surface area (Å²) in [6, 6.07) is 17.6. The number of rotatable bonds is 3. The average Bonchev–Trinajstić information content (AvgIpc) is 3.11. The molecule has 0 aliphatic heterocycles. The summed E-state index contributed by atoms with van der Waals surface area (Å²) in [6.45, 7) is 0. The molecule has 0 radical (unpaired) electrons. The van der Waals surface area contributed by atoms with Crippen LogP contribution >= 0.6 is 23.6 Å². The normalized spacial score (nSPS) is 10.7. The van der Waals surface area contributed by atoms with Crippen molar-refractivity contribution in [2.24, 2.45) is 0 Å². The number of nitrogens with two attached hydrogens (primary N) is 1. The van der Waals surface area contributed by atoms with Crippen molar-refractivity contribution in [3.63, 3.8) is 0 Å². The number of ether oxygens (including phenoxy) is 1. The monoisotopic (exact) mass is 390 g/mol. The first kappa shape index (κ1) is 17.2. The maximum Gasteiger partial charge on any atom is 0.128 e. The maximum absolute atomic E-state index is 9.74. The number of nitrogens with zero attached hydrogens (tertiary/aromatic N) is 2. The van der Waals surface area contributed by atoms with E-state index in [1.165, 1.54) is 11.3 Å². The molecule has 5 nitrogen and oxygen atoms in total. The van der Waals surface area contributed by atoms with E-state index in [0.717, 1.165) is 26.5 Å². The minimum absolute atomic E-state index is 0.248. The van der Waals surface area contributed by atoms with Crippen molar-refractivity contribution < 1.29 is 4.74 Å². The molecule has 27 heavy (non-hydrogen) atoms. The van der Waals surface area contributed by atoms with Crippen LogP contribution in [0.5, 0.6) is 5.75 Å². The molecule has 132 valence electrons. The molecule has 0 spiro atoms. The number of hydrogen-bond acceptors (Lipinski definition) is 6. The van der Waals surface area contributed by atoms with Gasteiger partial charge >= 0.3 is 0 Å². The molecule has 0 aliphatic carbocycles. The third-order valence-electron chi connectivity index (χ3n) is 4.24. The fourth-order valence-corrected chi connectivity index (χ4v) is 4.36. The highest BCUT2D eigenvalue weighted by Crippen LogP contribution is 2.40. The van der Waals surface area contributed by atoms with Crippen LogP contribution < -0.4 is 10.5 Å². The van der Waals surface area contributed by atoms with Crippen LogP contribution in [0, 0.1) is 16.0 Å². The predicted molar refractivity (Wildman–Crippen MR) is 111 cm³/mol. The van der Waals surface area contributed by atoms with Gasteiger partial charge in [-0.2, -0.15) is 5.26 Å². The Balaban J connectivity index is 2.06. The molecule has 0 bridgehead atoms. The summed E-state index contributed by atoms with van der Waals surface area (Å²) in [6.07, 6.45) is 0. The smallest absolute Gasteiger partial charge is 0.128 e. The molecule has 3 N–H and O–H groups in total. The second-order valence-electron chi connectivity index (χ2n) is 5.82. The first-order valence-electron chi connectivity index (χ1n) is 8.08. The van der Waals surface area contributed by atoms with Crippen LogP contribution in [0.3, 0.4) is 0 Å². The third-order valence-corrected chi connectivity index (χ3v) is 5.60. The Morgan fingerprint density at radius 1 is 1.15 bits per heavy atom. The van der Waals surface area contributed by atoms with Gasteiger partial charge in [-0.1, -0.05) is 36.5 Å². The number of benzene rings is 2. The van der Waals surface area contributed by atoms with E-state index in [2.05, 4.69) is 11.1 Å². The zero-order valence-corrected chi connectivity index (χ0v) is 15.9. The summed E-state index contributed by atoms with van der Waals surface area (Å²) in [5.74, 6) is 0.978. The average molecular weight is 390 g/mol. The van der Waals surface area contributed by atoms with Crippen molar-refractivity contribution in [2.45, 2.75) is 0 Å². The van der Waals surface area contributed by atoms with Crippen molar-refractivity contribution in [2.75, 3.05) is 12.8 Å². The number of aromatic amines is 1. The molecular formula is C20H14N4OS2. The van der Waals surface area contributed by atoms with Gasteiger partial charge in [-0.25, -0.2) is 4.98 Å². The van der Waals surface area contributed by atoms with Gasteiger partial charge in [0.15, 0.2) is 0 Å². The highest BCUT2D eigenvalue weighted by Gasteiger charge is 2.20. The van der Waals surface area contributed by atoms with Crippen molar-refractivity contribution in [1.29, 1.82) is 5.26 Å². The molecule has 2 aromatic heterocycles. The second-order valence-corrected chi connectivity index (χ2v) is 7.26. The van der Waals surface area contributed by atoms with E-state index in [-0.39, 0.29) is 5.82 Å². The number of hydrogen-bond donors (Lipinski definition) is 2. The van der Waals surface area contributed by atoms with Gasteiger partial charge in [0.2, 0.25) is 0 Å². The number of nitrogens with one attached hydrogen (secondary N) is 1. The maximum atomic E-state index is 9.74. The Hall–Kier alpha value is -3.21. The van der Waals surface area contributed by atoms with Gasteiger partial charge < -0.3 is 15.5 Å². The molecule has 0 saturated heterocycles. The number of aromatic nitrogens is 2. The summed E-state index contributed by atoms with van der Waals surface area (Å²) >= 11 is 7.10. The van der Waals surface area contributed by atoms with Gasteiger partial charge in [-0.3, -0.25) is 0 Å². The largest absolute Gasteiger partial charge is 0.497 e. The first-order valence-corrected chi connectivity index (χ1v) is 9.31. The number of nitriles is 1. The molecule has 0 fully saturated rings. The summed E-state index contributed by atoms with van der Waals surface area (Å²) in [5, 5.41) is 10.5. The lowest BCUT2D eigenvalue weighted by atomic mass is 9.96. The molecule has 4 aromatic rings. The molecular weight excluding hydrogens is 376 g/mol. The third kappa shape index (κ3) is 2.95. The number of thiazole rings is 1. The Labute approximate surface area is 164 Å². The fourth-order valence-electron chi connectivity index (χ4n) is 2.97. The quantitative estimate of drug-likeness (QED) is 0.472. The Bertz CT molecular complexity index is 1220. The van der Waals surface area contributed by atoms with Gasteiger partial charge in [0, 0.05) is 5.56 Å². The summed E-state index contributed by atoms with van der Waals surface area (Å²) < 4.78 is 6.75.